The van der Waals surface area contributed by atoms with Gasteiger partial charge in [-0.3, -0.25) is 4.79 Å². The van der Waals surface area contributed by atoms with Crippen LogP contribution in [0.3, 0.4) is 0 Å². The largest absolute Gasteiger partial charge is 0.396 e. The molecule has 110 valence electrons. The van der Waals surface area contributed by atoms with E-state index in [-0.39, 0.29) is 24.0 Å². The molecular formula is C16H22ClNO2. The van der Waals surface area contributed by atoms with Crippen LogP contribution in [0.1, 0.15) is 32.8 Å². The Morgan fingerprint density at radius 1 is 1.45 bits per heavy atom. The Hall–Kier alpha value is -1.32. The average molecular weight is 296 g/mol. The van der Waals surface area contributed by atoms with E-state index < -0.39 is 0 Å². The molecule has 1 rings (SSSR count). The quantitative estimate of drug-likeness (QED) is 0.819. The van der Waals surface area contributed by atoms with Crippen LogP contribution in [-0.2, 0) is 4.79 Å². The minimum Gasteiger partial charge on any atom is -0.396 e. The summed E-state index contributed by atoms with van der Waals surface area (Å²) >= 11 is 5.88. The molecule has 0 bridgehead atoms. The van der Waals surface area contributed by atoms with Crippen molar-refractivity contribution in [1.82, 2.24) is 5.32 Å². The number of rotatable bonds is 5. The minimum atomic E-state index is -0.168. The number of aliphatic hydroxyl groups excluding tert-OH is 1. The van der Waals surface area contributed by atoms with Crippen molar-refractivity contribution in [2.75, 3.05) is 6.61 Å². The molecule has 1 atom stereocenters. The Bertz CT molecular complexity index is 478. The van der Waals surface area contributed by atoms with Crippen molar-refractivity contribution in [2.45, 2.75) is 33.2 Å². The Labute approximate surface area is 125 Å². The van der Waals surface area contributed by atoms with E-state index in [2.05, 4.69) is 5.32 Å². The predicted octanol–water partition coefficient (Wildman–Crippen LogP) is 3.27. The fourth-order valence-electron chi connectivity index (χ4n) is 1.85. The Balaban J connectivity index is 2.66. The van der Waals surface area contributed by atoms with Crippen molar-refractivity contribution in [1.29, 1.82) is 0 Å². The highest BCUT2D eigenvalue weighted by Gasteiger charge is 2.24. The van der Waals surface area contributed by atoms with Gasteiger partial charge in [-0.15, -0.1) is 0 Å². The lowest BCUT2D eigenvalue weighted by Crippen LogP contribution is -2.43. The van der Waals surface area contributed by atoms with Crippen molar-refractivity contribution in [3.63, 3.8) is 0 Å². The fourth-order valence-corrected chi connectivity index (χ4v) is 2.05. The van der Waals surface area contributed by atoms with Gasteiger partial charge in [0, 0.05) is 23.7 Å². The van der Waals surface area contributed by atoms with Gasteiger partial charge in [-0.25, -0.2) is 0 Å². The zero-order chi connectivity index (χ0) is 15.2. The van der Waals surface area contributed by atoms with Gasteiger partial charge >= 0.3 is 0 Å². The average Bonchev–Trinajstić information content (AvgIpc) is 2.35. The first-order chi connectivity index (χ1) is 9.32. The summed E-state index contributed by atoms with van der Waals surface area (Å²) in [5.41, 5.74) is 0.782. The number of carbonyl (C=O) groups excluding carboxylic acids is 1. The summed E-state index contributed by atoms with van der Waals surface area (Å²) in [4.78, 5) is 11.9. The van der Waals surface area contributed by atoms with Gasteiger partial charge in [-0.1, -0.05) is 44.5 Å². The monoisotopic (exact) mass is 295 g/mol. The van der Waals surface area contributed by atoms with Gasteiger partial charge in [0.25, 0.3) is 0 Å². The molecule has 1 amide bonds. The third-order valence-corrected chi connectivity index (χ3v) is 3.29. The Morgan fingerprint density at radius 3 is 2.70 bits per heavy atom. The van der Waals surface area contributed by atoms with Gasteiger partial charge in [0.15, 0.2) is 0 Å². The van der Waals surface area contributed by atoms with Crippen LogP contribution in [0.4, 0.5) is 0 Å². The molecule has 0 saturated heterocycles. The van der Waals surface area contributed by atoms with E-state index >= 15 is 0 Å². The standard InChI is InChI=1S/C16H22ClNO2/c1-16(2,3)14(9-10-19)18-15(20)8-7-12-5-4-6-13(17)11-12/h4-8,11,14,19H,9-10H2,1-3H3,(H,18,20)/b8-7+. The molecule has 0 fully saturated rings. The lowest BCUT2D eigenvalue weighted by Gasteiger charge is -2.30. The van der Waals surface area contributed by atoms with E-state index in [1.807, 2.05) is 32.9 Å². The molecule has 0 aliphatic rings. The number of amides is 1. The zero-order valence-corrected chi connectivity index (χ0v) is 12.9. The highest BCUT2D eigenvalue weighted by molar-refractivity contribution is 6.30. The van der Waals surface area contributed by atoms with E-state index in [4.69, 9.17) is 16.7 Å². The zero-order valence-electron chi connectivity index (χ0n) is 12.2. The van der Waals surface area contributed by atoms with Crippen LogP contribution in [0.5, 0.6) is 0 Å². The summed E-state index contributed by atoms with van der Waals surface area (Å²) in [6.07, 6.45) is 3.75. The van der Waals surface area contributed by atoms with Crippen molar-refractivity contribution in [3.05, 3.63) is 40.9 Å². The summed E-state index contributed by atoms with van der Waals surface area (Å²) in [6.45, 7) is 6.16. The maximum atomic E-state index is 11.9. The summed E-state index contributed by atoms with van der Waals surface area (Å²) in [7, 11) is 0. The van der Waals surface area contributed by atoms with Crippen molar-refractivity contribution in [2.24, 2.45) is 5.41 Å². The number of aliphatic hydroxyl groups is 1. The van der Waals surface area contributed by atoms with Gasteiger partial charge in [0.1, 0.15) is 0 Å². The molecule has 0 radical (unpaired) electrons. The van der Waals surface area contributed by atoms with E-state index in [1.54, 1.807) is 18.2 Å². The van der Waals surface area contributed by atoms with E-state index in [1.165, 1.54) is 6.08 Å². The molecule has 0 aromatic heterocycles. The molecular weight excluding hydrogens is 274 g/mol. The van der Waals surface area contributed by atoms with Crippen LogP contribution < -0.4 is 5.32 Å². The van der Waals surface area contributed by atoms with Crippen LogP contribution >= 0.6 is 11.6 Å². The summed E-state index contributed by atoms with van der Waals surface area (Å²) < 4.78 is 0. The maximum Gasteiger partial charge on any atom is 0.244 e. The number of benzene rings is 1. The molecule has 4 heteroatoms. The fraction of sp³-hybridized carbons (Fsp3) is 0.438. The molecule has 2 N–H and O–H groups in total. The number of nitrogens with one attached hydrogen (secondary N) is 1. The number of hydrogen-bond acceptors (Lipinski definition) is 2. The maximum absolute atomic E-state index is 11.9. The molecule has 1 unspecified atom stereocenters. The van der Waals surface area contributed by atoms with Gasteiger partial charge in [-0.05, 0) is 35.6 Å². The normalized spacial score (nSPS) is 13.4. The first kappa shape index (κ1) is 16.7. The van der Waals surface area contributed by atoms with E-state index in [9.17, 15) is 4.79 Å². The number of halogens is 1. The van der Waals surface area contributed by atoms with Crippen molar-refractivity contribution >= 4 is 23.6 Å². The second-order valence-corrected chi connectivity index (χ2v) is 6.26. The molecule has 20 heavy (non-hydrogen) atoms. The second-order valence-electron chi connectivity index (χ2n) is 5.83. The van der Waals surface area contributed by atoms with Crippen molar-refractivity contribution in [3.8, 4) is 0 Å². The smallest absolute Gasteiger partial charge is 0.244 e. The molecule has 0 aliphatic heterocycles. The lowest BCUT2D eigenvalue weighted by molar-refractivity contribution is -0.118. The highest BCUT2D eigenvalue weighted by atomic mass is 35.5. The van der Waals surface area contributed by atoms with Gasteiger partial charge in [0.05, 0.1) is 0 Å². The molecule has 3 nitrogen and oxygen atoms in total. The van der Waals surface area contributed by atoms with Crippen LogP contribution in [0.25, 0.3) is 6.08 Å². The molecule has 0 aliphatic carbocycles. The van der Waals surface area contributed by atoms with Gasteiger partial charge < -0.3 is 10.4 Å². The summed E-state index contributed by atoms with van der Waals surface area (Å²) in [5.74, 6) is -0.168. The number of carbonyl (C=O) groups is 1. The van der Waals surface area contributed by atoms with E-state index in [0.29, 0.717) is 11.4 Å². The first-order valence-electron chi connectivity index (χ1n) is 6.68. The molecule has 1 aromatic rings. The predicted molar refractivity (Wildman–Crippen MR) is 83.6 cm³/mol. The number of hydrogen-bond donors (Lipinski definition) is 2. The highest BCUT2D eigenvalue weighted by Crippen LogP contribution is 2.21. The molecule has 0 spiro atoms. The van der Waals surface area contributed by atoms with Crippen LogP contribution in [-0.4, -0.2) is 23.7 Å². The lowest BCUT2D eigenvalue weighted by atomic mass is 9.85. The van der Waals surface area contributed by atoms with Crippen LogP contribution in [0, 0.1) is 5.41 Å². The van der Waals surface area contributed by atoms with Gasteiger partial charge in [0.2, 0.25) is 5.91 Å². The summed E-state index contributed by atoms with van der Waals surface area (Å²) in [6, 6.07) is 7.23. The van der Waals surface area contributed by atoms with Crippen LogP contribution in [0.15, 0.2) is 30.3 Å². The first-order valence-corrected chi connectivity index (χ1v) is 7.05. The van der Waals surface area contributed by atoms with Gasteiger partial charge in [-0.2, -0.15) is 0 Å². The van der Waals surface area contributed by atoms with E-state index in [0.717, 1.165) is 5.56 Å². The Kier molecular flexibility index (Phi) is 6.24. The van der Waals surface area contributed by atoms with Crippen LogP contribution in [0.2, 0.25) is 5.02 Å². The molecule has 0 saturated carbocycles. The topological polar surface area (TPSA) is 49.3 Å². The third kappa shape index (κ3) is 5.76. The third-order valence-electron chi connectivity index (χ3n) is 3.06. The SMILES string of the molecule is CC(C)(C)C(CCO)NC(=O)/C=C/c1cccc(Cl)c1. The second kappa shape index (κ2) is 7.46. The Morgan fingerprint density at radius 2 is 2.15 bits per heavy atom. The van der Waals surface area contributed by atoms with Crippen molar-refractivity contribution < 1.29 is 9.90 Å². The molecule has 1 aromatic carbocycles. The molecule has 0 heterocycles. The summed E-state index contributed by atoms with van der Waals surface area (Å²) in [5, 5.41) is 12.6. The minimum absolute atomic E-state index is 0.0558.